The molecule has 156 valence electrons. The fraction of sp³-hybridized carbons (Fsp3) is 0.929. The average Bonchev–Trinajstić information content (AvgIpc) is 2.38. The molecule has 4 rings (SSSR count). The first kappa shape index (κ1) is 20.6. The molecule has 0 aliphatic heterocycles. The van der Waals surface area contributed by atoms with Crippen LogP contribution >= 0.6 is 0 Å². The number of ether oxygens (including phenoxy) is 1. The minimum atomic E-state index is -7.01. The second-order valence-corrected chi connectivity index (χ2v) is 9.25. The highest BCUT2D eigenvalue weighted by molar-refractivity contribution is 7.88. The van der Waals surface area contributed by atoms with Crippen LogP contribution in [0.15, 0.2) is 0 Å². The molecule has 0 spiro atoms. The lowest BCUT2D eigenvalue weighted by Crippen LogP contribution is -2.69. The standard InChI is InChI=1S/C14H16F6O6S/c15-13(16,17)12(14(18,19)20,27(23,24)25)10(22)26-11-3-6-1-7(4-11)9(21)8(2-6)5-11/h6-9,21H,1-5H2,(H,23,24,25). The van der Waals surface area contributed by atoms with Gasteiger partial charge < -0.3 is 9.84 Å². The molecule has 0 aromatic carbocycles. The van der Waals surface area contributed by atoms with Crippen LogP contribution in [0.4, 0.5) is 26.3 Å². The van der Waals surface area contributed by atoms with Gasteiger partial charge in [-0.05, 0) is 49.9 Å². The lowest BCUT2D eigenvalue weighted by molar-refractivity contribution is -0.278. The van der Waals surface area contributed by atoms with Crippen molar-refractivity contribution in [1.29, 1.82) is 0 Å². The Hall–Kier alpha value is -1.08. The molecule has 4 aliphatic carbocycles. The Morgan fingerprint density at radius 2 is 1.41 bits per heavy atom. The Bertz CT molecular complexity index is 714. The predicted octanol–water partition coefficient (Wildman–Crippen LogP) is 2.22. The van der Waals surface area contributed by atoms with Gasteiger partial charge in [0.05, 0.1) is 6.10 Å². The van der Waals surface area contributed by atoms with E-state index in [4.69, 9.17) is 4.55 Å². The van der Waals surface area contributed by atoms with E-state index >= 15 is 0 Å². The van der Waals surface area contributed by atoms with Gasteiger partial charge in [0.15, 0.2) is 0 Å². The molecule has 4 fully saturated rings. The molecule has 0 heterocycles. The van der Waals surface area contributed by atoms with E-state index in [1.54, 1.807) is 0 Å². The SMILES string of the molecule is O=C(OC12CC3CC(C1)C(O)C(C3)C2)C(C(F)(F)F)(C(F)(F)F)S(=O)(=O)O. The number of hydrogen-bond donors (Lipinski definition) is 2. The van der Waals surface area contributed by atoms with Gasteiger partial charge in [-0.15, -0.1) is 0 Å². The Morgan fingerprint density at radius 1 is 0.963 bits per heavy atom. The number of rotatable bonds is 3. The molecular weight excluding hydrogens is 410 g/mol. The van der Waals surface area contributed by atoms with Gasteiger partial charge in [-0.25, -0.2) is 4.79 Å². The van der Waals surface area contributed by atoms with Gasteiger partial charge in [0, 0.05) is 0 Å². The number of carbonyl (C=O) groups excluding carboxylic acids is 1. The first-order valence-corrected chi connectivity index (χ1v) is 9.50. The van der Waals surface area contributed by atoms with Crippen molar-refractivity contribution < 1.29 is 54.0 Å². The largest absolute Gasteiger partial charge is 0.457 e. The molecule has 0 aromatic rings. The van der Waals surface area contributed by atoms with E-state index in [1.807, 2.05) is 0 Å². The van der Waals surface area contributed by atoms with Crippen molar-refractivity contribution in [2.75, 3.05) is 0 Å². The van der Waals surface area contributed by atoms with Gasteiger partial charge in [-0.1, -0.05) is 0 Å². The Balaban J connectivity index is 2.02. The molecular formula is C14H16F6O6S. The second-order valence-electron chi connectivity index (χ2n) is 7.68. The zero-order chi connectivity index (χ0) is 20.6. The molecule has 2 unspecified atom stereocenters. The predicted molar refractivity (Wildman–Crippen MR) is 74.8 cm³/mol. The molecule has 4 bridgehead atoms. The summed E-state index contributed by atoms with van der Waals surface area (Å²) in [5.74, 6) is -4.18. The molecule has 0 radical (unpaired) electrons. The first-order chi connectivity index (χ1) is 12.0. The fourth-order valence-electron chi connectivity index (χ4n) is 5.11. The number of halogens is 6. The van der Waals surface area contributed by atoms with Crippen LogP contribution in [-0.4, -0.2) is 52.9 Å². The van der Waals surface area contributed by atoms with Gasteiger partial charge in [-0.3, -0.25) is 4.55 Å². The summed E-state index contributed by atoms with van der Waals surface area (Å²) in [7, 11) is -7.01. The highest BCUT2D eigenvalue weighted by Crippen LogP contribution is 2.58. The van der Waals surface area contributed by atoms with E-state index in [2.05, 4.69) is 4.74 Å². The van der Waals surface area contributed by atoms with Crippen molar-refractivity contribution in [2.24, 2.45) is 17.8 Å². The third-order valence-corrected chi connectivity index (χ3v) is 7.35. The van der Waals surface area contributed by atoms with E-state index in [9.17, 15) is 44.7 Å². The summed E-state index contributed by atoms with van der Waals surface area (Å²) < 4.78 is 109. The van der Waals surface area contributed by atoms with E-state index in [0.29, 0.717) is 12.8 Å². The van der Waals surface area contributed by atoms with Crippen LogP contribution in [0.2, 0.25) is 0 Å². The fourth-order valence-corrected chi connectivity index (χ4v) is 5.94. The Kier molecular flexibility index (Phi) is 4.38. The van der Waals surface area contributed by atoms with Crippen molar-refractivity contribution in [3.05, 3.63) is 0 Å². The van der Waals surface area contributed by atoms with Crippen molar-refractivity contribution in [3.63, 3.8) is 0 Å². The van der Waals surface area contributed by atoms with Crippen molar-refractivity contribution >= 4 is 16.1 Å². The molecule has 0 saturated heterocycles. The lowest BCUT2D eigenvalue weighted by atomic mass is 9.53. The highest BCUT2D eigenvalue weighted by atomic mass is 32.2. The minimum Gasteiger partial charge on any atom is -0.457 e. The molecule has 0 amide bonds. The summed E-state index contributed by atoms with van der Waals surface area (Å²) in [6, 6.07) is 0. The van der Waals surface area contributed by atoms with Crippen LogP contribution in [0.5, 0.6) is 0 Å². The Morgan fingerprint density at radius 3 is 1.78 bits per heavy atom. The van der Waals surface area contributed by atoms with E-state index in [0.717, 1.165) is 0 Å². The maximum absolute atomic E-state index is 13.2. The number of carbonyl (C=O) groups is 1. The van der Waals surface area contributed by atoms with Gasteiger partial charge in [-0.2, -0.15) is 34.8 Å². The van der Waals surface area contributed by atoms with Crippen LogP contribution in [0.3, 0.4) is 0 Å². The summed E-state index contributed by atoms with van der Waals surface area (Å²) in [6.07, 6.45) is -13.5. The number of aliphatic hydroxyl groups is 1. The minimum absolute atomic E-state index is 0.0181. The summed E-state index contributed by atoms with van der Waals surface area (Å²) in [5.41, 5.74) is -1.72. The van der Waals surface area contributed by atoms with Crippen LogP contribution in [0.1, 0.15) is 32.1 Å². The summed E-state index contributed by atoms with van der Waals surface area (Å²) in [4.78, 5) is 12.1. The van der Waals surface area contributed by atoms with Crippen LogP contribution in [0, 0.1) is 17.8 Å². The average molecular weight is 426 g/mol. The molecule has 2 atom stereocenters. The van der Waals surface area contributed by atoms with Gasteiger partial charge in [0.25, 0.3) is 0 Å². The molecule has 4 saturated carbocycles. The number of hydrogen-bond acceptors (Lipinski definition) is 5. The number of aliphatic hydroxyl groups excluding tert-OH is 1. The van der Waals surface area contributed by atoms with E-state index in [-0.39, 0.29) is 25.2 Å². The zero-order valence-electron chi connectivity index (χ0n) is 13.5. The molecule has 0 aromatic heterocycles. The third-order valence-electron chi connectivity index (χ3n) is 5.95. The number of alkyl halides is 6. The van der Waals surface area contributed by atoms with Gasteiger partial charge in [0.1, 0.15) is 5.60 Å². The van der Waals surface area contributed by atoms with E-state index in [1.165, 1.54) is 0 Å². The van der Waals surface area contributed by atoms with Crippen molar-refractivity contribution in [2.45, 2.75) is 60.9 Å². The first-order valence-electron chi connectivity index (χ1n) is 8.06. The summed E-state index contributed by atoms with van der Waals surface area (Å²) in [6.45, 7) is 0. The second kappa shape index (κ2) is 5.72. The van der Waals surface area contributed by atoms with Crippen molar-refractivity contribution in [3.8, 4) is 0 Å². The molecule has 27 heavy (non-hydrogen) atoms. The van der Waals surface area contributed by atoms with Gasteiger partial charge in [0.2, 0.25) is 0 Å². The zero-order valence-corrected chi connectivity index (χ0v) is 14.4. The van der Waals surface area contributed by atoms with Gasteiger partial charge >= 0.3 is 33.2 Å². The van der Waals surface area contributed by atoms with Crippen LogP contribution < -0.4 is 0 Å². The molecule has 6 nitrogen and oxygen atoms in total. The maximum Gasteiger partial charge on any atom is 0.430 e. The summed E-state index contributed by atoms with van der Waals surface area (Å²) >= 11 is 0. The van der Waals surface area contributed by atoms with Crippen molar-refractivity contribution in [1.82, 2.24) is 0 Å². The maximum atomic E-state index is 13.2. The molecule has 4 aliphatic rings. The highest BCUT2D eigenvalue weighted by Gasteiger charge is 2.85. The third kappa shape index (κ3) is 2.84. The van der Waals surface area contributed by atoms with E-state index < -0.39 is 56.7 Å². The quantitative estimate of drug-likeness (QED) is 0.408. The molecule has 13 heteroatoms. The smallest absolute Gasteiger partial charge is 0.430 e. The normalized spacial score (nSPS) is 36.7. The topological polar surface area (TPSA) is 101 Å². The van der Waals surface area contributed by atoms with Crippen LogP contribution in [-0.2, 0) is 19.6 Å². The summed E-state index contributed by atoms with van der Waals surface area (Å²) in [5, 5.41) is 10.1. The van der Waals surface area contributed by atoms with Crippen LogP contribution in [0.25, 0.3) is 0 Å². The number of esters is 1. The monoisotopic (exact) mass is 426 g/mol. The molecule has 2 N–H and O–H groups in total. The lowest BCUT2D eigenvalue weighted by Gasteiger charge is -2.58. The Labute approximate surface area is 149 Å².